The first kappa shape index (κ1) is 13.1. The Bertz CT molecular complexity index is 549. The summed E-state index contributed by atoms with van der Waals surface area (Å²) >= 11 is 0. The van der Waals surface area contributed by atoms with Crippen molar-refractivity contribution >= 4 is 17.4 Å². The Labute approximate surface area is 111 Å². The highest BCUT2D eigenvalue weighted by Gasteiger charge is 2.02. The molecule has 0 saturated carbocycles. The molecule has 0 atom stereocenters. The first-order chi connectivity index (χ1) is 9.17. The van der Waals surface area contributed by atoms with Crippen molar-refractivity contribution in [3.63, 3.8) is 0 Å². The number of nitrogens with one attached hydrogen (secondary N) is 2. The van der Waals surface area contributed by atoms with Crippen LogP contribution in [0.25, 0.3) is 0 Å². The number of aryl methyl sites for hydroxylation is 1. The second-order valence-electron chi connectivity index (χ2n) is 4.14. The molecule has 0 aliphatic heterocycles. The summed E-state index contributed by atoms with van der Waals surface area (Å²) in [7, 11) is 0. The van der Waals surface area contributed by atoms with Crippen LogP contribution < -0.4 is 10.6 Å². The molecule has 2 N–H and O–H groups in total. The summed E-state index contributed by atoms with van der Waals surface area (Å²) in [5.41, 5.74) is 2.48. The summed E-state index contributed by atoms with van der Waals surface area (Å²) in [6, 6.07) is 12.9. The van der Waals surface area contributed by atoms with E-state index in [-0.39, 0.29) is 11.8 Å². The Hall–Kier alpha value is -2.36. The van der Waals surface area contributed by atoms with Crippen molar-refractivity contribution < 1.29 is 9.18 Å². The smallest absolute Gasteiger partial charge is 0.308 e. The molecular formula is C15H15FN2O. The molecule has 2 amide bonds. The van der Waals surface area contributed by atoms with Gasteiger partial charge >= 0.3 is 6.03 Å². The molecule has 0 fully saturated rings. The van der Waals surface area contributed by atoms with Crippen molar-refractivity contribution in [3.8, 4) is 0 Å². The van der Waals surface area contributed by atoms with Gasteiger partial charge in [-0.05, 0) is 48.4 Å². The molecule has 3 nitrogen and oxygen atoms in total. The number of carbonyl (C=O) groups excluding carboxylic acids is 1. The minimum Gasteiger partial charge on any atom is -0.308 e. The Kier molecular flexibility index (Phi) is 4.13. The maximum Gasteiger partial charge on any atom is 0.323 e. The molecule has 4 heteroatoms. The van der Waals surface area contributed by atoms with E-state index in [9.17, 15) is 9.18 Å². The third kappa shape index (κ3) is 3.81. The van der Waals surface area contributed by atoms with E-state index in [1.807, 2.05) is 24.3 Å². The third-order valence-corrected chi connectivity index (χ3v) is 2.72. The van der Waals surface area contributed by atoms with Crippen LogP contribution in [0.1, 0.15) is 12.5 Å². The van der Waals surface area contributed by atoms with Crippen LogP contribution in [0.5, 0.6) is 0 Å². The van der Waals surface area contributed by atoms with Gasteiger partial charge in [0.25, 0.3) is 0 Å². The largest absolute Gasteiger partial charge is 0.323 e. The predicted octanol–water partition coefficient (Wildman–Crippen LogP) is 4.03. The van der Waals surface area contributed by atoms with Gasteiger partial charge in [0.2, 0.25) is 0 Å². The van der Waals surface area contributed by atoms with Crippen LogP contribution in [0.15, 0.2) is 48.5 Å². The SMILES string of the molecule is CCc1ccc(NC(=O)Nc2ccc(F)cc2)cc1. The number of amides is 2. The van der Waals surface area contributed by atoms with E-state index in [1.54, 1.807) is 0 Å². The fourth-order valence-corrected chi connectivity index (χ4v) is 1.65. The molecule has 19 heavy (non-hydrogen) atoms. The number of hydrogen-bond donors (Lipinski definition) is 2. The van der Waals surface area contributed by atoms with Gasteiger partial charge in [-0.15, -0.1) is 0 Å². The highest BCUT2D eigenvalue weighted by Crippen LogP contribution is 2.12. The van der Waals surface area contributed by atoms with Crippen LogP contribution in [0.4, 0.5) is 20.6 Å². The highest BCUT2D eigenvalue weighted by molar-refractivity contribution is 5.99. The van der Waals surface area contributed by atoms with Crippen molar-refractivity contribution in [1.29, 1.82) is 0 Å². The van der Waals surface area contributed by atoms with Crippen molar-refractivity contribution in [3.05, 3.63) is 59.9 Å². The van der Waals surface area contributed by atoms with E-state index >= 15 is 0 Å². The number of urea groups is 1. The summed E-state index contributed by atoms with van der Waals surface area (Å²) in [5.74, 6) is -0.332. The summed E-state index contributed by atoms with van der Waals surface area (Å²) in [6.07, 6.45) is 0.960. The molecular weight excluding hydrogens is 243 g/mol. The van der Waals surface area contributed by atoms with E-state index < -0.39 is 0 Å². The molecule has 0 radical (unpaired) electrons. The molecule has 2 aromatic rings. The Morgan fingerprint density at radius 2 is 1.42 bits per heavy atom. The molecule has 0 heterocycles. The van der Waals surface area contributed by atoms with Crippen LogP contribution >= 0.6 is 0 Å². The zero-order chi connectivity index (χ0) is 13.7. The summed E-state index contributed by atoms with van der Waals surface area (Å²) in [5, 5.41) is 5.34. The number of benzene rings is 2. The second-order valence-corrected chi connectivity index (χ2v) is 4.14. The van der Waals surface area contributed by atoms with Crippen LogP contribution in [-0.2, 0) is 6.42 Å². The minimum atomic E-state index is -0.351. The van der Waals surface area contributed by atoms with Gasteiger partial charge in [0.1, 0.15) is 5.82 Å². The average Bonchev–Trinajstić information content (AvgIpc) is 2.42. The zero-order valence-corrected chi connectivity index (χ0v) is 10.6. The number of carbonyl (C=O) groups is 1. The summed E-state index contributed by atoms with van der Waals surface area (Å²) in [4.78, 5) is 11.7. The molecule has 0 aromatic heterocycles. The van der Waals surface area contributed by atoms with Gasteiger partial charge in [-0.1, -0.05) is 19.1 Å². The fourth-order valence-electron chi connectivity index (χ4n) is 1.65. The molecule has 0 aliphatic rings. The molecule has 0 saturated heterocycles. The molecule has 98 valence electrons. The van der Waals surface area contributed by atoms with E-state index in [4.69, 9.17) is 0 Å². The van der Waals surface area contributed by atoms with Gasteiger partial charge in [0, 0.05) is 11.4 Å². The molecule has 0 bridgehead atoms. The van der Waals surface area contributed by atoms with E-state index in [0.29, 0.717) is 5.69 Å². The van der Waals surface area contributed by atoms with Gasteiger partial charge in [-0.3, -0.25) is 0 Å². The zero-order valence-electron chi connectivity index (χ0n) is 10.6. The minimum absolute atomic E-state index is 0.332. The van der Waals surface area contributed by atoms with Crippen molar-refractivity contribution in [2.45, 2.75) is 13.3 Å². The lowest BCUT2D eigenvalue weighted by molar-refractivity contribution is 0.262. The normalized spacial score (nSPS) is 10.0. The van der Waals surface area contributed by atoms with Crippen molar-refractivity contribution in [2.75, 3.05) is 10.6 Å². The molecule has 2 rings (SSSR count). The van der Waals surface area contributed by atoms with Gasteiger partial charge in [-0.25, -0.2) is 9.18 Å². The van der Waals surface area contributed by atoms with Gasteiger partial charge in [0.15, 0.2) is 0 Å². The molecule has 0 spiro atoms. The maximum atomic E-state index is 12.7. The van der Waals surface area contributed by atoms with Crippen molar-refractivity contribution in [2.24, 2.45) is 0 Å². The van der Waals surface area contributed by atoms with E-state index in [2.05, 4.69) is 17.6 Å². The Morgan fingerprint density at radius 3 is 1.89 bits per heavy atom. The van der Waals surface area contributed by atoms with Crippen LogP contribution in [0, 0.1) is 5.82 Å². The Balaban J connectivity index is 1.95. The van der Waals surface area contributed by atoms with E-state index in [1.165, 1.54) is 29.8 Å². The lowest BCUT2D eigenvalue weighted by Crippen LogP contribution is -2.19. The second kappa shape index (κ2) is 6.00. The topological polar surface area (TPSA) is 41.1 Å². The van der Waals surface area contributed by atoms with Crippen molar-refractivity contribution in [1.82, 2.24) is 0 Å². The lowest BCUT2D eigenvalue weighted by Gasteiger charge is -2.08. The summed E-state index contributed by atoms with van der Waals surface area (Å²) in [6.45, 7) is 2.07. The fraction of sp³-hybridized carbons (Fsp3) is 0.133. The number of hydrogen-bond acceptors (Lipinski definition) is 1. The third-order valence-electron chi connectivity index (χ3n) is 2.72. The standard InChI is InChI=1S/C15H15FN2O/c1-2-11-3-7-13(8-4-11)17-15(19)18-14-9-5-12(16)6-10-14/h3-10H,2H2,1H3,(H2,17,18,19). The van der Waals surface area contributed by atoms with Gasteiger partial charge in [-0.2, -0.15) is 0 Å². The lowest BCUT2D eigenvalue weighted by atomic mass is 10.1. The van der Waals surface area contributed by atoms with Crippen LogP contribution in [-0.4, -0.2) is 6.03 Å². The molecule has 0 unspecified atom stereocenters. The van der Waals surface area contributed by atoms with Crippen LogP contribution in [0.3, 0.4) is 0 Å². The first-order valence-corrected chi connectivity index (χ1v) is 6.10. The summed E-state index contributed by atoms with van der Waals surface area (Å²) < 4.78 is 12.7. The maximum absolute atomic E-state index is 12.7. The monoisotopic (exact) mass is 258 g/mol. The van der Waals surface area contributed by atoms with Gasteiger partial charge in [0.05, 0.1) is 0 Å². The molecule has 0 aliphatic carbocycles. The van der Waals surface area contributed by atoms with E-state index in [0.717, 1.165) is 12.1 Å². The Morgan fingerprint density at radius 1 is 0.947 bits per heavy atom. The van der Waals surface area contributed by atoms with Gasteiger partial charge < -0.3 is 10.6 Å². The van der Waals surface area contributed by atoms with Crippen LogP contribution in [0.2, 0.25) is 0 Å². The first-order valence-electron chi connectivity index (χ1n) is 6.10. The number of rotatable bonds is 3. The number of anilines is 2. The molecule has 2 aromatic carbocycles. The predicted molar refractivity (Wildman–Crippen MR) is 74.9 cm³/mol. The quantitative estimate of drug-likeness (QED) is 0.857. The average molecular weight is 258 g/mol. The number of halogens is 1. The highest BCUT2D eigenvalue weighted by atomic mass is 19.1.